The summed E-state index contributed by atoms with van der Waals surface area (Å²) in [5, 5.41) is 2.34. The van der Waals surface area contributed by atoms with Gasteiger partial charge in [0.2, 0.25) is 0 Å². The van der Waals surface area contributed by atoms with E-state index in [1.165, 1.54) is 34.7 Å². The Morgan fingerprint density at radius 1 is 0.929 bits per heavy atom. The summed E-state index contributed by atoms with van der Waals surface area (Å²) >= 11 is 0. The number of esters is 1. The van der Waals surface area contributed by atoms with Gasteiger partial charge in [0.25, 0.3) is 6.47 Å². The molecule has 0 bridgehead atoms. The summed E-state index contributed by atoms with van der Waals surface area (Å²) in [6.07, 6.45) is 1.52. The van der Waals surface area contributed by atoms with E-state index in [0.717, 1.165) is 5.39 Å². The van der Waals surface area contributed by atoms with Crippen molar-refractivity contribution in [2.24, 2.45) is 0 Å². The summed E-state index contributed by atoms with van der Waals surface area (Å²) in [7, 11) is 1.41. The third-order valence-electron chi connectivity index (χ3n) is 5.83. The molecule has 0 amide bonds. The first-order valence-corrected chi connectivity index (χ1v) is 9.45. The van der Waals surface area contributed by atoms with Crippen LogP contribution in [0, 0.1) is 0 Å². The van der Waals surface area contributed by atoms with Gasteiger partial charge in [-0.05, 0) is 58.0 Å². The summed E-state index contributed by atoms with van der Waals surface area (Å²) in [4.78, 5) is 22.7. The van der Waals surface area contributed by atoms with E-state index in [1.807, 2.05) is 24.3 Å². The molecule has 3 aromatic rings. The lowest BCUT2D eigenvalue weighted by molar-refractivity contribution is -0.141. The second kappa shape index (κ2) is 7.47. The molecule has 0 spiro atoms. The normalized spacial score (nSPS) is 17.0. The van der Waals surface area contributed by atoms with Crippen molar-refractivity contribution >= 4 is 23.2 Å². The van der Waals surface area contributed by atoms with Gasteiger partial charge < -0.3 is 9.47 Å². The van der Waals surface area contributed by atoms with E-state index >= 15 is 0 Å². The number of hydrogen-bond acceptors (Lipinski definition) is 4. The van der Waals surface area contributed by atoms with E-state index in [2.05, 4.69) is 36.4 Å². The van der Waals surface area contributed by atoms with E-state index in [4.69, 9.17) is 9.47 Å². The molecule has 0 fully saturated rings. The van der Waals surface area contributed by atoms with Gasteiger partial charge in [-0.1, -0.05) is 48.5 Å². The molecule has 0 saturated heterocycles. The summed E-state index contributed by atoms with van der Waals surface area (Å²) in [6.45, 7) is 0.779. The highest BCUT2D eigenvalue weighted by Gasteiger charge is 2.43. The van der Waals surface area contributed by atoms with Crippen LogP contribution < -0.4 is 0 Å². The van der Waals surface area contributed by atoms with Crippen LogP contribution in [-0.4, -0.2) is 26.2 Å². The van der Waals surface area contributed by atoms with Crippen LogP contribution in [0.2, 0.25) is 0 Å². The van der Waals surface area contributed by atoms with Crippen molar-refractivity contribution in [2.45, 2.75) is 24.7 Å². The van der Waals surface area contributed by atoms with Crippen LogP contribution in [0.3, 0.4) is 0 Å². The topological polar surface area (TPSA) is 52.6 Å². The first kappa shape index (κ1) is 18.2. The van der Waals surface area contributed by atoms with Crippen LogP contribution in [-0.2, 0) is 24.5 Å². The van der Waals surface area contributed by atoms with Crippen molar-refractivity contribution in [2.75, 3.05) is 13.7 Å². The number of ether oxygens (including phenoxy) is 2. The zero-order chi connectivity index (χ0) is 19.6. The molecular formula is C24H22O4. The predicted octanol–water partition coefficient (Wildman–Crippen LogP) is 4.62. The van der Waals surface area contributed by atoms with Crippen LogP contribution in [0.25, 0.3) is 21.9 Å². The molecular weight excluding hydrogens is 352 g/mol. The van der Waals surface area contributed by atoms with Gasteiger partial charge in [0, 0.05) is 11.8 Å². The van der Waals surface area contributed by atoms with Crippen LogP contribution in [0.15, 0.2) is 60.7 Å². The van der Waals surface area contributed by atoms with Gasteiger partial charge in [0.05, 0.1) is 13.7 Å². The fourth-order valence-corrected chi connectivity index (χ4v) is 4.50. The summed E-state index contributed by atoms with van der Waals surface area (Å²) < 4.78 is 9.97. The molecule has 28 heavy (non-hydrogen) atoms. The molecule has 1 aliphatic rings. The van der Waals surface area contributed by atoms with E-state index in [1.54, 1.807) is 0 Å². The van der Waals surface area contributed by atoms with Crippen LogP contribution in [0.1, 0.15) is 30.4 Å². The average Bonchev–Trinajstić information content (AvgIpc) is 3.00. The maximum absolute atomic E-state index is 12.0. The van der Waals surface area contributed by atoms with Crippen molar-refractivity contribution in [3.05, 3.63) is 71.8 Å². The molecule has 4 rings (SSSR count). The monoisotopic (exact) mass is 374 g/mol. The predicted molar refractivity (Wildman–Crippen MR) is 108 cm³/mol. The molecule has 0 aromatic heterocycles. The smallest absolute Gasteiger partial charge is 0.305 e. The highest BCUT2D eigenvalue weighted by Crippen LogP contribution is 2.54. The number of benzene rings is 3. The fourth-order valence-electron chi connectivity index (χ4n) is 4.50. The number of carbonyl (C=O) groups excluding carboxylic acids is 2. The Bertz CT molecular complexity index is 1040. The van der Waals surface area contributed by atoms with Gasteiger partial charge >= 0.3 is 5.97 Å². The third kappa shape index (κ3) is 2.95. The van der Waals surface area contributed by atoms with Gasteiger partial charge in [-0.3, -0.25) is 9.59 Å². The standard InChI is InChI=1S/C24H22O4/c1-27-23(26)10-11-24(12-13-28-16-25)21-9-5-4-8-19(21)20-14-17-6-2-3-7-18(17)15-22(20)24/h2-9,14-16H,10-13H2,1H3. The molecule has 0 radical (unpaired) electrons. The van der Waals surface area contributed by atoms with Crippen LogP contribution >= 0.6 is 0 Å². The van der Waals surface area contributed by atoms with Gasteiger partial charge in [0.1, 0.15) is 0 Å². The summed E-state index contributed by atoms with van der Waals surface area (Å²) in [5.74, 6) is -0.234. The first-order chi connectivity index (χ1) is 13.7. The Labute approximate surface area is 164 Å². The largest absolute Gasteiger partial charge is 0.469 e. The Kier molecular flexibility index (Phi) is 4.86. The SMILES string of the molecule is COC(=O)CCC1(CCOC=O)c2ccccc2-c2cc3ccccc3cc21. The van der Waals surface area contributed by atoms with Gasteiger partial charge in [0.15, 0.2) is 0 Å². The Balaban J connectivity index is 1.91. The maximum Gasteiger partial charge on any atom is 0.305 e. The highest BCUT2D eigenvalue weighted by molar-refractivity contribution is 5.93. The first-order valence-electron chi connectivity index (χ1n) is 9.45. The number of carbonyl (C=O) groups is 2. The molecule has 0 N–H and O–H groups in total. The number of methoxy groups -OCH3 is 1. The van der Waals surface area contributed by atoms with E-state index in [0.29, 0.717) is 32.3 Å². The van der Waals surface area contributed by atoms with Crippen molar-refractivity contribution in [1.82, 2.24) is 0 Å². The lowest BCUT2D eigenvalue weighted by atomic mass is 9.72. The Hall–Kier alpha value is -3.14. The minimum absolute atomic E-state index is 0.234. The maximum atomic E-state index is 12.0. The van der Waals surface area contributed by atoms with Gasteiger partial charge in [-0.15, -0.1) is 0 Å². The fraction of sp³-hybridized carbons (Fsp3) is 0.250. The molecule has 0 aliphatic heterocycles. The average molecular weight is 374 g/mol. The zero-order valence-electron chi connectivity index (χ0n) is 15.8. The van der Waals surface area contributed by atoms with Crippen molar-refractivity contribution in [3.63, 3.8) is 0 Å². The lowest BCUT2D eigenvalue weighted by Gasteiger charge is -2.32. The van der Waals surface area contributed by atoms with Crippen molar-refractivity contribution in [1.29, 1.82) is 0 Å². The minimum atomic E-state index is -0.396. The molecule has 142 valence electrons. The zero-order valence-corrected chi connectivity index (χ0v) is 15.8. The van der Waals surface area contributed by atoms with Gasteiger partial charge in [-0.25, -0.2) is 0 Å². The number of fused-ring (bicyclic) bond motifs is 4. The van der Waals surface area contributed by atoms with Gasteiger partial charge in [-0.2, -0.15) is 0 Å². The third-order valence-corrected chi connectivity index (χ3v) is 5.83. The van der Waals surface area contributed by atoms with Crippen molar-refractivity contribution < 1.29 is 19.1 Å². The van der Waals surface area contributed by atoms with E-state index in [-0.39, 0.29) is 5.97 Å². The molecule has 1 unspecified atom stereocenters. The minimum Gasteiger partial charge on any atom is -0.469 e. The lowest BCUT2D eigenvalue weighted by Crippen LogP contribution is -2.28. The van der Waals surface area contributed by atoms with Crippen molar-refractivity contribution in [3.8, 4) is 11.1 Å². The molecule has 4 nitrogen and oxygen atoms in total. The second-order valence-electron chi connectivity index (χ2n) is 7.17. The molecule has 0 saturated carbocycles. The molecule has 3 aromatic carbocycles. The second-order valence-corrected chi connectivity index (χ2v) is 7.17. The summed E-state index contributed by atoms with van der Waals surface area (Å²) in [6, 6.07) is 21.1. The van der Waals surface area contributed by atoms with Crippen LogP contribution in [0.4, 0.5) is 0 Å². The van der Waals surface area contributed by atoms with E-state index < -0.39 is 5.41 Å². The Morgan fingerprint density at radius 2 is 1.64 bits per heavy atom. The molecule has 4 heteroatoms. The molecule has 1 aliphatic carbocycles. The molecule has 0 heterocycles. The van der Waals surface area contributed by atoms with E-state index in [9.17, 15) is 9.59 Å². The number of rotatable bonds is 7. The Morgan fingerprint density at radius 3 is 2.39 bits per heavy atom. The van der Waals surface area contributed by atoms with Crippen LogP contribution in [0.5, 0.6) is 0 Å². The summed E-state index contributed by atoms with van der Waals surface area (Å²) in [5.41, 5.74) is 4.33. The number of hydrogen-bond donors (Lipinski definition) is 0. The highest BCUT2D eigenvalue weighted by atomic mass is 16.5. The quantitative estimate of drug-likeness (QED) is 0.344. The molecule has 1 atom stereocenters.